The molecule has 0 unspecified atom stereocenters. The summed E-state index contributed by atoms with van der Waals surface area (Å²) in [6, 6.07) is 0. The molecule has 0 spiro atoms. The SMILES string of the molecule is CS(=O)(=O)CS(N)(=O)=O.CS(=O)(=O)Cl. The van der Waals surface area contributed by atoms with E-state index in [-0.39, 0.29) is 0 Å². The number of halogens is 1. The zero-order valence-corrected chi connectivity index (χ0v) is 10.5. The average Bonchev–Trinajstić information content (AvgIpc) is 1.42. The molecule has 0 saturated carbocycles. The molecule has 0 saturated heterocycles. The molecule has 11 heteroatoms. The third kappa shape index (κ3) is 40.1. The molecule has 0 aliphatic carbocycles. The molecule has 0 aromatic heterocycles. The van der Waals surface area contributed by atoms with Crippen LogP contribution in [0.25, 0.3) is 0 Å². The van der Waals surface area contributed by atoms with E-state index < -0.39 is 34.0 Å². The van der Waals surface area contributed by atoms with Crippen LogP contribution in [0.15, 0.2) is 0 Å². The minimum Gasteiger partial charge on any atom is -0.228 e. The van der Waals surface area contributed by atoms with Gasteiger partial charge in [0.2, 0.25) is 19.1 Å². The van der Waals surface area contributed by atoms with Crippen molar-refractivity contribution in [3.05, 3.63) is 0 Å². The van der Waals surface area contributed by atoms with Crippen LogP contribution < -0.4 is 5.14 Å². The number of rotatable bonds is 2. The lowest BCUT2D eigenvalue weighted by molar-refractivity contribution is 0.592. The smallest absolute Gasteiger partial charge is 0.228 e. The van der Waals surface area contributed by atoms with Crippen LogP contribution in [0.1, 0.15) is 0 Å². The van der Waals surface area contributed by atoms with E-state index >= 15 is 0 Å². The molecule has 0 rings (SSSR count). The van der Waals surface area contributed by atoms with Crippen molar-refractivity contribution in [2.75, 3.05) is 17.6 Å². The van der Waals surface area contributed by atoms with E-state index in [9.17, 15) is 25.3 Å². The van der Waals surface area contributed by atoms with Gasteiger partial charge in [-0.2, -0.15) is 0 Å². The van der Waals surface area contributed by atoms with Crippen molar-refractivity contribution < 1.29 is 25.3 Å². The molecule has 2 N–H and O–H groups in total. The lowest BCUT2D eigenvalue weighted by Gasteiger charge is -1.91. The summed E-state index contributed by atoms with van der Waals surface area (Å²) in [7, 11) is -6.06. The van der Waals surface area contributed by atoms with Crippen LogP contribution in [-0.4, -0.2) is 42.8 Å². The Balaban J connectivity index is 0. The van der Waals surface area contributed by atoms with E-state index in [4.69, 9.17) is 0 Å². The van der Waals surface area contributed by atoms with Crippen molar-refractivity contribution in [3.63, 3.8) is 0 Å². The van der Waals surface area contributed by atoms with Crippen molar-refractivity contribution in [2.24, 2.45) is 5.14 Å². The Hall–Kier alpha value is 0.1000. The lowest BCUT2D eigenvalue weighted by Crippen LogP contribution is -2.22. The maximum atomic E-state index is 10.2. The molecule has 88 valence electrons. The zero-order chi connectivity index (χ0) is 12.2. The fourth-order valence-electron chi connectivity index (χ4n) is 0.298. The molecular weight excluding hydrogens is 278 g/mol. The normalized spacial score (nSPS) is 12.9. The van der Waals surface area contributed by atoms with Crippen LogP contribution in [0.3, 0.4) is 0 Å². The van der Waals surface area contributed by atoms with Crippen LogP contribution in [0, 0.1) is 0 Å². The first-order chi connectivity index (χ1) is 5.71. The number of hydrogen-bond acceptors (Lipinski definition) is 6. The summed E-state index contributed by atoms with van der Waals surface area (Å²) < 4.78 is 59.3. The van der Waals surface area contributed by atoms with Crippen LogP contribution in [0.4, 0.5) is 0 Å². The maximum Gasteiger partial charge on any atom is 0.229 e. The first-order valence-electron chi connectivity index (χ1n) is 2.78. The van der Waals surface area contributed by atoms with Gasteiger partial charge in [-0.15, -0.1) is 0 Å². The standard InChI is InChI=1S/C2H7NO4S2.CH3ClO2S/c1-8(4,5)2-9(3,6)7;1-5(2,3)4/h2H2,1H3,(H2,3,6,7);1H3. The summed E-state index contributed by atoms with van der Waals surface area (Å²) in [5, 5.41) is 3.43. The number of hydrogen-bond donors (Lipinski definition) is 1. The minimum absolute atomic E-state index is 0.803. The predicted octanol–water partition coefficient (Wildman–Crippen LogP) is -1.54. The summed E-state index contributed by atoms with van der Waals surface area (Å²) >= 11 is 0. The molecule has 0 bridgehead atoms. The van der Waals surface area contributed by atoms with Crippen LogP contribution in [0.2, 0.25) is 0 Å². The summed E-state index contributed by atoms with van der Waals surface area (Å²) in [5.41, 5.74) is 0. The fraction of sp³-hybridized carbons (Fsp3) is 1.00. The Morgan fingerprint density at radius 2 is 1.21 bits per heavy atom. The highest BCUT2D eigenvalue weighted by molar-refractivity contribution is 8.13. The number of sulfone groups is 1. The van der Waals surface area contributed by atoms with E-state index in [0.717, 1.165) is 12.5 Å². The molecule has 14 heavy (non-hydrogen) atoms. The predicted molar refractivity (Wildman–Crippen MR) is 53.5 cm³/mol. The van der Waals surface area contributed by atoms with Gasteiger partial charge in [0.15, 0.2) is 14.9 Å². The molecule has 0 fully saturated rings. The van der Waals surface area contributed by atoms with Crippen LogP contribution in [-0.2, 0) is 28.9 Å². The van der Waals surface area contributed by atoms with Gasteiger partial charge in [-0.1, -0.05) is 0 Å². The fourth-order valence-corrected chi connectivity index (χ4v) is 2.69. The highest BCUT2D eigenvalue weighted by Crippen LogP contribution is 1.86. The monoisotopic (exact) mass is 287 g/mol. The lowest BCUT2D eigenvalue weighted by atomic mass is 11.9. The van der Waals surface area contributed by atoms with Crippen molar-refractivity contribution >= 4 is 39.6 Å². The first kappa shape index (κ1) is 16.5. The molecule has 0 heterocycles. The Morgan fingerprint density at radius 3 is 1.21 bits per heavy atom. The minimum atomic E-state index is -3.87. The van der Waals surface area contributed by atoms with Crippen molar-refractivity contribution in [3.8, 4) is 0 Å². The second-order valence-electron chi connectivity index (χ2n) is 2.39. The van der Waals surface area contributed by atoms with Crippen molar-refractivity contribution in [1.29, 1.82) is 0 Å². The quantitative estimate of drug-likeness (QED) is 0.613. The molecule has 7 nitrogen and oxygen atoms in total. The second-order valence-corrected chi connectivity index (χ2v) is 9.55. The Kier molecular flexibility index (Phi) is 6.21. The van der Waals surface area contributed by atoms with E-state index in [0.29, 0.717) is 0 Å². The van der Waals surface area contributed by atoms with E-state index in [1.54, 1.807) is 0 Å². The third-order valence-electron chi connectivity index (χ3n) is 0.378. The first-order valence-corrected chi connectivity index (χ1v) is 9.28. The zero-order valence-electron chi connectivity index (χ0n) is 7.34. The summed E-state index contributed by atoms with van der Waals surface area (Å²) in [5.74, 6) is 0. The van der Waals surface area contributed by atoms with Gasteiger partial charge < -0.3 is 0 Å². The Labute approximate surface area is 87.6 Å². The van der Waals surface area contributed by atoms with Gasteiger partial charge in [-0.05, 0) is 0 Å². The summed E-state index contributed by atoms with van der Waals surface area (Å²) in [6.45, 7) is 0. The molecular formula is C3H10ClNO6S3. The van der Waals surface area contributed by atoms with Gasteiger partial charge in [0.25, 0.3) is 0 Å². The highest BCUT2D eigenvalue weighted by atomic mass is 35.7. The molecule has 0 aliphatic rings. The second kappa shape index (κ2) is 5.26. The summed E-state index contributed by atoms with van der Waals surface area (Å²) in [6.07, 6.45) is 1.73. The Morgan fingerprint density at radius 1 is 1.00 bits per heavy atom. The van der Waals surface area contributed by atoms with Crippen molar-refractivity contribution in [2.45, 2.75) is 0 Å². The topological polar surface area (TPSA) is 128 Å². The average molecular weight is 288 g/mol. The number of primary sulfonamides is 1. The highest BCUT2D eigenvalue weighted by Gasteiger charge is 2.11. The van der Waals surface area contributed by atoms with Crippen molar-refractivity contribution in [1.82, 2.24) is 0 Å². The van der Waals surface area contributed by atoms with Gasteiger partial charge in [0, 0.05) is 16.9 Å². The van der Waals surface area contributed by atoms with Gasteiger partial charge >= 0.3 is 0 Å². The largest absolute Gasteiger partial charge is 0.229 e. The van der Waals surface area contributed by atoms with Gasteiger partial charge in [-0.25, -0.2) is 30.4 Å². The van der Waals surface area contributed by atoms with E-state index in [1.807, 2.05) is 0 Å². The number of sulfonamides is 1. The summed E-state index contributed by atoms with van der Waals surface area (Å²) in [4.78, 5) is 0. The van der Waals surface area contributed by atoms with Crippen LogP contribution in [0.5, 0.6) is 0 Å². The van der Waals surface area contributed by atoms with Crippen LogP contribution >= 0.6 is 10.7 Å². The van der Waals surface area contributed by atoms with E-state index in [2.05, 4.69) is 15.8 Å². The molecule has 0 aliphatic heterocycles. The van der Waals surface area contributed by atoms with Gasteiger partial charge in [0.1, 0.15) is 0 Å². The number of nitrogens with two attached hydrogens (primary N) is 1. The van der Waals surface area contributed by atoms with Gasteiger partial charge in [0.05, 0.1) is 6.26 Å². The molecule has 0 atom stereocenters. The van der Waals surface area contributed by atoms with E-state index in [1.165, 1.54) is 0 Å². The third-order valence-corrected chi connectivity index (χ3v) is 3.41. The van der Waals surface area contributed by atoms with Gasteiger partial charge in [-0.3, -0.25) is 0 Å². The molecule has 0 aromatic carbocycles. The maximum absolute atomic E-state index is 10.2. The molecule has 0 radical (unpaired) electrons. The molecule has 0 amide bonds. The Bertz CT molecular complexity index is 420. The molecule has 0 aromatic rings.